The van der Waals surface area contributed by atoms with Gasteiger partial charge in [0.15, 0.2) is 0 Å². The molecule has 6 heteroatoms. The van der Waals surface area contributed by atoms with Crippen molar-refractivity contribution in [3.05, 3.63) is 18.2 Å². The van der Waals surface area contributed by atoms with Gasteiger partial charge in [-0.25, -0.2) is 4.98 Å². The third kappa shape index (κ3) is 3.53. The second kappa shape index (κ2) is 6.16. The van der Waals surface area contributed by atoms with Crippen molar-refractivity contribution in [3.63, 3.8) is 0 Å². The van der Waals surface area contributed by atoms with Crippen LogP contribution in [-0.2, 0) is 6.54 Å². The fourth-order valence-corrected chi connectivity index (χ4v) is 2.94. The molecule has 1 N–H and O–H groups in total. The topological polar surface area (TPSA) is 29.9 Å². The lowest BCUT2D eigenvalue weighted by Crippen LogP contribution is -2.45. The minimum atomic E-state index is -4.10. The molecule has 0 saturated heterocycles. The molecule has 0 amide bonds. The zero-order valence-electron chi connectivity index (χ0n) is 12.0. The monoisotopic (exact) mass is 289 g/mol. The van der Waals surface area contributed by atoms with Crippen LogP contribution in [-0.4, -0.2) is 21.8 Å². The molecule has 0 aliphatic heterocycles. The zero-order chi connectivity index (χ0) is 14.8. The maximum absolute atomic E-state index is 13.0. The van der Waals surface area contributed by atoms with Crippen LogP contribution in [0.3, 0.4) is 0 Å². The van der Waals surface area contributed by atoms with Gasteiger partial charge >= 0.3 is 6.18 Å². The molecule has 3 nitrogen and oxygen atoms in total. The smallest absolute Gasteiger partial charge is 0.331 e. The Bertz CT molecular complexity index is 426. The summed E-state index contributed by atoms with van der Waals surface area (Å²) in [6.07, 6.45) is 1.73. The molecule has 0 radical (unpaired) electrons. The van der Waals surface area contributed by atoms with Gasteiger partial charge in [-0.3, -0.25) is 0 Å². The first-order valence-corrected chi connectivity index (χ1v) is 7.20. The Morgan fingerprint density at radius 3 is 2.70 bits per heavy atom. The Kier molecular flexibility index (Phi) is 4.73. The van der Waals surface area contributed by atoms with Gasteiger partial charge in [0.1, 0.15) is 0 Å². The maximum Gasteiger partial charge on any atom is 0.393 e. The van der Waals surface area contributed by atoms with E-state index in [4.69, 9.17) is 0 Å². The molecule has 2 atom stereocenters. The van der Waals surface area contributed by atoms with Crippen molar-refractivity contribution in [2.24, 2.45) is 5.92 Å². The molecule has 2 rings (SSSR count). The Labute approximate surface area is 117 Å². The average Bonchev–Trinajstić information content (AvgIpc) is 2.84. The summed E-state index contributed by atoms with van der Waals surface area (Å²) in [7, 11) is 0. The van der Waals surface area contributed by atoms with Crippen LogP contribution in [0.25, 0.3) is 0 Å². The van der Waals surface area contributed by atoms with Crippen molar-refractivity contribution in [2.75, 3.05) is 0 Å². The average molecular weight is 289 g/mol. The van der Waals surface area contributed by atoms with Gasteiger partial charge in [0.2, 0.25) is 0 Å². The van der Waals surface area contributed by atoms with E-state index in [0.717, 1.165) is 12.1 Å². The minimum absolute atomic E-state index is 0.241. The molecule has 1 aromatic heterocycles. The number of imidazole rings is 1. The quantitative estimate of drug-likeness (QED) is 0.916. The number of alkyl halides is 3. The van der Waals surface area contributed by atoms with E-state index in [1.165, 1.54) is 0 Å². The van der Waals surface area contributed by atoms with Gasteiger partial charge in [-0.05, 0) is 26.7 Å². The fraction of sp³-hybridized carbons (Fsp3) is 0.786. The number of rotatable bonds is 4. The molecular weight excluding hydrogens is 267 g/mol. The normalized spacial score (nSPS) is 24.3. The van der Waals surface area contributed by atoms with Gasteiger partial charge in [-0.1, -0.05) is 12.8 Å². The molecule has 1 aromatic rings. The van der Waals surface area contributed by atoms with Gasteiger partial charge in [0.25, 0.3) is 0 Å². The molecule has 1 aliphatic rings. The molecule has 0 bridgehead atoms. The van der Waals surface area contributed by atoms with Crippen molar-refractivity contribution in [1.82, 2.24) is 14.9 Å². The van der Waals surface area contributed by atoms with E-state index < -0.39 is 18.1 Å². The van der Waals surface area contributed by atoms with E-state index in [9.17, 15) is 13.2 Å². The van der Waals surface area contributed by atoms with Crippen LogP contribution in [0, 0.1) is 5.92 Å². The summed E-state index contributed by atoms with van der Waals surface area (Å²) in [5.74, 6) is -1.22. The van der Waals surface area contributed by atoms with Gasteiger partial charge < -0.3 is 9.88 Å². The predicted molar refractivity (Wildman–Crippen MR) is 71.3 cm³/mol. The first-order valence-electron chi connectivity index (χ1n) is 7.20. The molecule has 20 heavy (non-hydrogen) atoms. The van der Waals surface area contributed by atoms with Crippen molar-refractivity contribution in [1.29, 1.82) is 0 Å². The maximum atomic E-state index is 13.0. The SMILES string of the molecule is CC(C)n1cncc1CNC1CCCCC1C(F)(F)F. The van der Waals surface area contributed by atoms with Crippen LogP contribution in [0.5, 0.6) is 0 Å². The van der Waals surface area contributed by atoms with E-state index in [1.807, 2.05) is 18.4 Å². The lowest BCUT2D eigenvalue weighted by Gasteiger charge is -2.33. The molecule has 1 fully saturated rings. The predicted octanol–water partition coefficient (Wildman–Crippen LogP) is 3.67. The van der Waals surface area contributed by atoms with E-state index in [0.29, 0.717) is 19.4 Å². The lowest BCUT2D eigenvalue weighted by molar-refractivity contribution is -0.189. The van der Waals surface area contributed by atoms with Crippen molar-refractivity contribution in [2.45, 2.75) is 64.3 Å². The zero-order valence-corrected chi connectivity index (χ0v) is 12.0. The molecule has 114 valence electrons. The van der Waals surface area contributed by atoms with E-state index in [1.54, 1.807) is 12.5 Å². The molecule has 1 aliphatic carbocycles. The number of nitrogens with one attached hydrogen (secondary N) is 1. The van der Waals surface area contributed by atoms with E-state index in [2.05, 4.69) is 10.3 Å². The molecule has 2 unspecified atom stereocenters. The number of hydrogen-bond acceptors (Lipinski definition) is 2. The van der Waals surface area contributed by atoms with Crippen LogP contribution >= 0.6 is 0 Å². The van der Waals surface area contributed by atoms with Crippen LogP contribution in [0.1, 0.15) is 51.3 Å². The summed E-state index contributed by atoms with van der Waals surface area (Å²) < 4.78 is 41.0. The van der Waals surface area contributed by atoms with Crippen LogP contribution < -0.4 is 5.32 Å². The highest BCUT2D eigenvalue weighted by molar-refractivity contribution is 5.00. The number of nitrogens with zero attached hydrogens (tertiary/aromatic N) is 2. The van der Waals surface area contributed by atoms with Crippen LogP contribution in [0.15, 0.2) is 12.5 Å². The summed E-state index contributed by atoms with van der Waals surface area (Å²) >= 11 is 0. The Morgan fingerprint density at radius 1 is 1.35 bits per heavy atom. The van der Waals surface area contributed by atoms with Crippen molar-refractivity contribution in [3.8, 4) is 0 Å². The summed E-state index contributed by atoms with van der Waals surface area (Å²) in [6.45, 7) is 4.50. The Hall–Kier alpha value is -1.04. The van der Waals surface area contributed by atoms with Gasteiger partial charge in [-0.15, -0.1) is 0 Å². The highest BCUT2D eigenvalue weighted by Gasteiger charge is 2.45. The summed E-state index contributed by atoms with van der Waals surface area (Å²) in [5.41, 5.74) is 0.937. The highest BCUT2D eigenvalue weighted by atomic mass is 19.4. The van der Waals surface area contributed by atoms with Gasteiger partial charge in [0, 0.05) is 24.8 Å². The number of halogens is 3. The highest BCUT2D eigenvalue weighted by Crippen LogP contribution is 2.37. The molecular formula is C14H22F3N3. The summed E-state index contributed by atoms with van der Waals surface area (Å²) in [5, 5.41) is 3.10. The largest absolute Gasteiger partial charge is 0.393 e. The number of aromatic nitrogens is 2. The Morgan fingerprint density at radius 2 is 2.05 bits per heavy atom. The van der Waals surface area contributed by atoms with Crippen molar-refractivity contribution >= 4 is 0 Å². The second-order valence-corrected chi connectivity index (χ2v) is 5.81. The standard InChI is InChI=1S/C14H22F3N3/c1-10(2)20-9-18-7-11(20)8-19-13-6-4-3-5-12(13)14(15,16)17/h7,9-10,12-13,19H,3-6,8H2,1-2H3. The minimum Gasteiger partial charge on any atom is -0.331 e. The third-order valence-corrected chi connectivity index (χ3v) is 4.03. The molecule has 1 saturated carbocycles. The third-order valence-electron chi connectivity index (χ3n) is 4.03. The fourth-order valence-electron chi connectivity index (χ4n) is 2.94. The van der Waals surface area contributed by atoms with Crippen LogP contribution in [0.4, 0.5) is 13.2 Å². The summed E-state index contributed by atoms with van der Waals surface area (Å²) in [4.78, 5) is 4.08. The Balaban J connectivity index is 1.99. The molecule has 0 aromatic carbocycles. The van der Waals surface area contributed by atoms with Crippen LogP contribution in [0.2, 0.25) is 0 Å². The van der Waals surface area contributed by atoms with Gasteiger partial charge in [0.05, 0.1) is 17.9 Å². The molecule has 0 spiro atoms. The molecule has 1 heterocycles. The lowest BCUT2D eigenvalue weighted by atomic mass is 9.84. The summed E-state index contributed by atoms with van der Waals surface area (Å²) in [6, 6.07) is -0.210. The van der Waals surface area contributed by atoms with E-state index in [-0.39, 0.29) is 12.5 Å². The second-order valence-electron chi connectivity index (χ2n) is 5.81. The van der Waals surface area contributed by atoms with E-state index >= 15 is 0 Å². The van der Waals surface area contributed by atoms with Gasteiger partial charge in [-0.2, -0.15) is 13.2 Å². The first kappa shape index (κ1) is 15.4. The first-order chi connectivity index (χ1) is 9.39. The van der Waals surface area contributed by atoms with Crippen molar-refractivity contribution < 1.29 is 13.2 Å². The number of hydrogen-bond donors (Lipinski definition) is 1.